The largest absolute Gasteiger partial charge is 0.497 e. The molecule has 2 heterocycles. The molecule has 0 aliphatic carbocycles. The maximum atomic E-state index is 13.4. The molecule has 1 fully saturated rings. The number of amides is 2. The third kappa shape index (κ3) is 3.14. The highest BCUT2D eigenvalue weighted by Crippen LogP contribution is 2.49. The Kier molecular flexibility index (Phi) is 5.03. The van der Waals surface area contributed by atoms with Crippen LogP contribution in [0.5, 0.6) is 5.75 Å². The smallest absolute Gasteiger partial charge is 0.250 e. The van der Waals surface area contributed by atoms with Crippen molar-refractivity contribution >= 4 is 23.2 Å². The summed E-state index contributed by atoms with van der Waals surface area (Å²) in [4.78, 5) is 26.7. The van der Waals surface area contributed by atoms with Gasteiger partial charge in [-0.3, -0.25) is 14.9 Å². The molecular formula is C23H27N3O4. The Hall–Kier alpha value is -2.90. The number of fused-ring (bicyclic) bond motifs is 2. The van der Waals surface area contributed by atoms with Crippen molar-refractivity contribution in [2.24, 2.45) is 5.92 Å². The molecule has 2 aromatic rings. The maximum Gasteiger partial charge on any atom is 0.250 e. The highest BCUT2D eigenvalue weighted by atomic mass is 16.5. The summed E-state index contributed by atoms with van der Waals surface area (Å²) in [5, 5.41) is 19.5. The molecule has 4 atom stereocenters. The molecule has 2 aromatic carbocycles. The van der Waals surface area contributed by atoms with Crippen molar-refractivity contribution in [1.82, 2.24) is 5.32 Å². The molecule has 1 unspecified atom stereocenters. The fourth-order valence-corrected chi connectivity index (χ4v) is 4.68. The molecule has 7 nitrogen and oxygen atoms in total. The number of nitrogens with one attached hydrogen (secondary N) is 3. The number of aliphatic hydroxyl groups is 1. The molecule has 2 aliphatic rings. The van der Waals surface area contributed by atoms with Gasteiger partial charge in [0.25, 0.3) is 0 Å². The Bertz CT molecular complexity index is 1000. The lowest BCUT2D eigenvalue weighted by Crippen LogP contribution is -2.53. The van der Waals surface area contributed by atoms with Crippen molar-refractivity contribution in [3.8, 4) is 5.75 Å². The van der Waals surface area contributed by atoms with Crippen LogP contribution in [0, 0.1) is 19.8 Å². The highest BCUT2D eigenvalue weighted by molar-refractivity contribution is 6.11. The van der Waals surface area contributed by atoms with Crippen LogP contribution in [0.4, 0.5) is 11.4 Å². The van der Waals surface area contributed by atoms with Crippen molar-refractivity contribution in [3.05, 3.63) is 53.1 Å². The minimum absolute atomic E-state index is 0.260. The zero-order chi connectivity index (χ0) is 21.6. The van der Waals surface area contributed by atoms with Gasteiger partial charge in [-0.05, 0) is 57.0 Å². The van der Waals surface area contributed by atoms with Crippen LogP contribution in [0.15, 0.2) is 36.4 Å². The Balaban J connectivity index is 1.74. The van der Waals surface area contributed by atoms with E-state index in [1.165, 1.54) is 0 Å². The minimum Gasteiger partial charge on any atom is -0.497 e. The quantitative estimate of drug-likeness (QED) is 0.622. The number of anilines is 2. The fourth-order valence-electron chi connectivity index (χ4n) is 4.68. The van der Waals surface area contributed by atoms with Crippen LogP contribution in [-0.4, -0.2) is 36.2 Å². The predicted octanol–water partition coefficient (Wildman–Crippen LogP) is 2.46. The van der Waals surface area contributed by atoms with Crippen molar-refractivity contribution in [3.63, 3.8) is 0 Å². The number of carbonyl (C=O) groups is 2. The molecule has 4 rings (SSSR count). The fraction of sp³-hybridized carbons (Fsp3) is 0.391. The molecule has 4 N–H and O–H groups in total. The number of methoxy groups -OCH3 is 1. The lowest BCUT2D eigenvalue weighted by Gasteiger charge is -2.30. The predicted molar refractivity (Wildman–Crippen MR) is 115 cm³/mol. The number of rotatable bonds is 4. The number of carbonyl (C=O) groups excluding carboxylic acids is 2. The molecule has 2 amide bonds. The summed E-state index contributed by atoms with van der Waals surface area (Å²) in [6.45, 7) is 5.58. The summed E-state index contributed by atoms with van der Waals surface area (Å²) in [5.74, 6) is -0.514. The van der Waals surface area contributed by atoms with Crippen LogP contribution in [-0.2, 0) is 15.1 Å². The van der Waals surface area contributed by atoms with Crippen LogP contribution >= 0.6 is 0 Å². The van der Waals surface area contributed by atoms with Crippen LogP contribution in [0.25, 0.3) is 0 Å². The standard InChI is InChI=1S/C23H27N3O4/c1-12-9-13(2)20-17(10-12)23(22(29)25-20)18(11-19(26-23)14(3)27)21(28)24-15-5-7-16(30-4)8-6-15/h5-10,14,18-19,26-27H,11H2,1-4H3,(H,24,28)(H,25,29)/t14?,18-,19-,23+/m1/s1. The van der Waals surface area contributed by atoms with Gasteiger partial charge in [-0.25, -0.2) is 0 Å². The Morgan fingerprint density at radius 3 is 2.60 bits per heavy atom. The molecule has 158 valence electrons. The maximum absolute atomic E-state index is 13.4. The lowest BCUT2D eigenvalue weighted by molar-refractivity contribution is -0.130. The number of ether oxygens (including phenoxy) is 1. The molecule has 1 saturated heterocycles. The lowest BCUT2D eigenvalue weighted by atomic mass is 9.78. The summed E-state index contributed by atoms with van der Waals surface area (Å²) in [7, 11) is 1.58. The van der Waals surface area contributed by atoms with Gasteiger partial charge in [0.2, 0.25) is 11.8 Å². The molecular weight excluding hydrogens is 382 g/mol. The van der Waals surface area contributed by atoms with Gasteiger partial charge < -0.3 is 20.5 Å². The normalized spacial score (nSPS) is 25.7. The Morgan fingerprint density at radius 2 is 1.97 bits per heavy atom. The average molecular weight is 409 g/mol. The second-order valence-corrected chi connectivity index (χ2v) is 8.26. The third-order valence-corrected chi connectivity index (χ3v) is 6.18. The van der Waals surface area contributed by atoms with Gasteiger partial charge in [0.1, 0.15) is 11.3 Å². The van der Waals surface area contributed by atoms with Crippen LogP contribution in [0.1, 0.15) is 30.0 Å². The van der Waals surface area contributed by atoms with E-state index in [4.69, 9.17) is 4.74 Å². The van der Waals surface area contributed by atoms with E-state index in [-0.39, 0.29) is 17.9 Å². The summed E-state index contributed by atoms with van der Waals surface area (Å²) in [5.41, 5.74) is 2.88. The van der Waals surface area contributed by atoms with E-state index in [1.807, 2.05) is 26.0 Å². The average Bonchev–Trinajstić information content (AvgIpc) is 3.24. The number of hydrogen-bond donors (Lipinski definition) is 4. The molecule has 1 spiro atoms. The Morgan fingerprint density at radius 1 is 1.27 bits per heavy atom. The summed E-state index contributed by atoms with van der Waals surface area (Å²) < 4.78 is 5.16. The van der Waals surface area contributed by atoms with E-state index < -0.39 is 17.6 Å². The minimum atomic E-state index is -1.22. The van der Waals surface area contributed by atoms with Gasteiger partial charge in [0, 0.05) is 23.0 Å². The van der Waals surface area contributed by atoms with Crippen LogP contribution in [0.3, 0.4) is 0 Å². The number of hydrogen-bond acceptors (Lipinski definition) is 5. The first-order chi connectivity index (χ1) is 14.3. The third-order valence-electron chi connectivity index (χ3n) is 6.18. The topological polar surface area (TPSA) is 99.7 Å². The van der Waals surface area contributed by atoms with Gasteiger partial charge >= 0.3 is 0 Å². The molecule has 30 heavy (non-hydrogen) atoms. The van der Waals surface area contributed by atoms with Crippen molar-refractivity contribution < 1.29 is 19.4 Å². The van der Waals surface area contributed by atoms with Gasteiger partial charge in [-0.2, -0.15) is 0 Å². The first kappa shape index (κ1) is 20.4. The van der Waals surface area contributed by atoms with Crippen molar-refractivity contribution in [2.45, 2.75) is 44.9 Å². The van der Waals surface area contributed by atoms with E-state index in [0.717, 1.165) is 22.4 Å². The van der Waals surface area contributed by atoms with Gasteiger partial charge in [0.15, 0.2) is 0 Å². The summed E-state index contributed by atoms with van der Waals surface area (Å²) in [6, 6.07) is 10.6. The molecule has 0 bridgehead atoms. The second kappa shape index (κ2) is 7.41. The SMILES string of the molecule is COc1ccc(NC(=O)[C@H]2C[C@H](C(C)O)N[C@]23C(=O)Nc2c(C)cc(C)cc23)cc1. The molecule has 0 saturated carbocycles. The van der Waals surface area contributed by atoms with Crippen LogP contribution in [0.2, 0.25) is 0 Å². The van der Waals surface area contributed by atoms with E-state index in [1.54, 1.807) is 38.3 Å². The first-order valence-electron chi connectivity index (χ1n) is 10.1. The van der Waals surface area contributed by atoms with E-state index in [2.05, 4.69) is 16.0 Å². The summed E-state index contributed by atoms with van der Waals surface area (Å²) in [6.07, 6.45) is -0.358. The summed E-state index contributed by atoms with van der Waals surface area (Å²) >= 11 is 0. The van der Waals surface area contributed by atoms with Gasteiger partial charge in [0.05, 0.1) is 19.1 Å². The zero-order valence-corrected chi connectivity index (χ0v) is 17.6. The van der Waals surface area contributed by atoms with Gasteiger partial charge in [-0.1, -0.05) is 17.7 Å². The Labute approximate surface area is 175 Å². The molecule has 7 heteroatoms. The number of aryl methyl sites for hydroxylation is 2. The van der Waals surface area contributed by atoms with Crippen molar-refractivity contribution in [1.29, 1.82) is 0 Å². The van der Waals surface area contributed by atoms with E-state index in [0.29, 0.717) is 17.9 Å². The monoisotopic (exact) mass is 409 g/mol. The van der Waals surface area contributed by atoms with Gasteiger partial charge in [-0.15, -0.1) is 0 Å². The zero-order valence-electron chi connectivity index (χ0n) is 17.6. The molecule has 0 aromatic heterocycles. The number of aliphatic hydroxyl groups excluding tert-OH is 1. The second-order valence-electron chi connectivity index (χ2n) is 8.26. The highest BCUT2D eigenvalue weighted by Gasteiger charge is 2.61. The molecule has 0 radical (unpaired) electrons. The van der Waals surface area contributed by atoms with E-state index in [9.17, 15) is 14.7 Å². The number of benzene rings is 2. The van der Waals surface area contributed by atoms with Crippen LogP contribution < -0.4 is 20.7 Å². The van der Waals surface area contributed by atoms with E-state index >= 15 is 0 Å². The van der Waals surface area contributed by atoms with Crippen molar-refractivity contribution in [2.75, 3.05) is 17.7 Å². The molecule has 2 aliphatic heterocycles. The first-order valence-corrected chi connectivity index (χ1v) is 10.1.